The highest BCUT2D eigenvalue weighted by molar-refractivity contribution is 5.06. The molecule has 1 aliphatic rings. The molecule has 1 heterocycles. The van der Waals surface area contributed by atoms with Gasteiger partial charge in [0.05, 0.1) is 18.3 Å². The molecule has 2 heteroatoms. The minimum absolute atomic E-state index is 0.0717. The van der Waals surface area contributed by atoms with Crippen molar-refractivity contribution in [3.8, 4) is 0 Å². The monoisotopic (exact) mass is 250 g/mol. The summed E-state index contributed by atoms with van der Waals surface area (Å²) in [6.07, 6.45) is 13.3. The number of aliphatic hydroxyl groups is 1. The molecule has 1 rings (SSSR count). The van der Waals surface area contributed by atoms with Gasteiger partial charge in [-0.25, -0.2) is 0 Å². The van der Waals surface area contributed by atoms with E-state index in [4.69, 9.17) is 4.74 Å². The molecule has 1 aliphatic heterocycles. The van der Waals surface area contributed by atoms with Crippen LogP contribution in [-0.4, -0.2) is 23.4 Å². The van der Waals surface area contributed by atoms with Crippen LogP contribution in [0.2, 0.25) is 0 Å². The van der Waals surface area contributed by atoms with E-state index in [-0.39, 0.29) is 12.2 Å². The minimum atomic E-state index is -0.522. The van der Waals surface area contributed by atoms with Crippen LogP contribution in [0.3, 0.4) is 0 Å². The van der Waals surface area contributed by atoms with Gasteiger partial charge in [0.25, 0.3) is 0 Å². The molecule has 4 unspecified atom stereocenters. The standard InChI is InChI=1S/C16H26O2/c1-4-6-7-8-9-10-14(17)16-12-11-13(3)15(5-2)18-16/h5,7-10,13-17H,2,4,6,11-12H2,1,3H3/b8-7+,10-9+. The number of hydrogen-bond donors (Lipinski definition) is 1. The van der Waals surface area contributed by atoms with Gasteiger partial charge in [0, 0.05) is 0 Å². The topological polar surface area (TPSA) is 29.5 Å². The first-order valence-corrected chi connectivity index (χ1v) is 6.98. The first kappa shape index (κ1) is 15.2. The summed E-state index contributed by atoms with van der Waals surface area (Å²) in [5.74, 6) is 0.499. The number of aliphatic hydroxyl groups excluding tert-OH is 1. The summed E-state index contributed by atoms with van der Waals surface area (Å²) in [6, 6.07) is 0. The number of ether oxygens (including phenoxy) is 1. The highest BCUT2D eigenvalue weighted by atomic mass is 16.5. The quantitative estimate of drug-likeness (QED) is 0.576. The maximum atomic E-state index is 10.1. The number of unbranched alkanes of at least 4 members (excludes halogenated alkanes) is 1. The van der Waals surface area contributed by atoms with Crippen LogP contribution in [0.15, 0.2) is 37.0 Å². The van der Waals surface area contributed by atoms with Crippen LogP contribution >= 0.6 is 0 Å². The zero-order valence-corrected chi connectivity index (χ0v) is 11.6. The Kier molecular flexibility index (Phi) is 6.99. The molecule has 102 valence electrons. The Morgan fingerprint density at radius 1 is 1.39 bits per heavy atom. The fraction of sp³-hybridized carbons (Fsp3) is 0.625. The van der Waals surface area contributed by atoms with Crippen LogP contribution in [0.4, 0.5) is 0 Å². The predicted octanol–water partition coefficient (Wildman–Crippen LogP) is 3.63. The van der Waals surface area contributed by atoms with E-state index in [9.17, 15) is 5.11 Å². The van der Waals surface area contributed by atoms with E-state index in [1.165, 1.54) is 0 Å². The normalized spacial score (nSPS) is 30.9. The molecule has 0 bridgehead atoms. The third kappa shape index (κ3) is 4.79. The zero-order chi connectivity index (χ0) is 13.4. The second-order valence-electron chi connectivity index (χ2n) is 5.02. The van der Waals surface area contributed by atoms with Crippen LogP contribution < -0.4 is 0 Å². The second kappa shape index (κ2) is 8.28. The van der Waals surface area contributed by atoms with Crippen molar-refractivity contribution in [3.05, 3.63) is 37.0 Å². The van der Waals surface area contributed by atoms with Crippen LogP contribution in [0.5, 0.6) is 0 Å². The van der Waals surface area contributed by atoms with Crippen molar-refractivity contribution in [2.45, 2.75) is 57.8 Å². The molecule has 0 aromatic heterocycles. The Hall–Kier alpha value is -0.860. The van der Waals surface area contributed by atoms with Crippen molar-refractivity contribution in [1.29, 1.82) is 0 Å². The SMILES string of the molecule is C=CC1OC(C(O)/C=C/C=C/CCC)CCC1C. The van der Waals surface area contributed by atoms with Gasteiger partial charge in [-0.15, -0.1) is 6.58 Å². The summed E-state index contributed by atoms with van der Waals surface area (Å²) >= 11 is 0. The first-order valence-electron chi connectivity index (χ1n) is 6.98. The lowest BCUT2D eigenvalue weighted by molar-refractivity contribution is -0.0945. The van der Waals surface area contributed by atoms with Crippen molar-refractivity contribution in [1.82, 2.24) is 0 Å². The van der Waals surface area contributed by atoms with E-state index in [1.807, 2.05) is 24.3 Å². The van der Waals surface area contributed by atoms with Crippen molar-refractivity contribution >= 4 is 0 Å². The third-order valence-corrected chi connectivity index (χ3v) is 3.42. The lowest BCUT2D eigenvalue weighted by Crippen LogP contribution is -2.38. The maximum absolute atomic E-state index is 10.1. The van der Waals surface area contributed by atoms with E-state index in [0.29, 0.717) is 5.92 Å². The van der Waals surface area contributed by atoms with E-state index < -0.39 is 6.10 Å². The maximum Gasteiger partial charge on any atom is 0.0986 e. The fourth-order valence-electron chi connectivity index (χ4n) is 2.18. The summed E-state index contributed by atoms with van der Waals surface area (Å²) in [5, 5.41) is 10.1. The Balaban J connectivity index is 2.42. The Morgan fingerprint density at radius 2 is 2.17 bits per heavy atom. The van der Waals surface area contributed by atoms with Gasteiger partial charge in [-0.05, 0) is 25.2 Å². The van der Waals surface area contributed by atoms with Crippen LogP contribution in [0.1, 0.15) is 39.5 Å². The highest BCUT2D eigenvalue weighted by Crippen LogP contribution is 2.27. The highest BCUT2D eigenvalue weighted by Gasteiger charge is 2.29. The molecular weight excluding hydrogens is 224 g/mol. The number of rotatable bonds is 6. The number of hydrogen-bond acceptors (Lipinski definition) is 2. The predicted molar refractivity (Wildman–Crippen MR) is 76.5 cm³/mol. The number of allylic oxidation sites excluding steroid dienone is 3. The van der Waals surface area contributed by atoms with Crippen LogP contribution in [0, 0.1) is 5.92 Å². The molecule has 0 aromatic rings. The summed E-state index contributed by atoms with van der Waals surface area (Å²) in [4.78, 5) is 0. The second-order valence-corrected chi connectivity index (χ2v) is 5.02. The molecule has 2 nitrogen and oxygen atoms in total. The Bertz CT molecular complexity index is 293. The zero-order valence-electron chi connectivity index (χ0n) is 11.6. The average Bonchev–Trinajstić information content (AvgIpc) is 2.38. The Morgan fingerprint density at radius 3 is 2.83 bits per heavy atom. The molecular formula is C16H26O2. The van der Waals surface area contributed by atoms with Gasteiger partial charge in [-0.3, -0.25) is 0 Å². The minimum Gasteiger partial charge on any atom is -0.386 e. The fourth-order valence-corrected chi connectivity index (χ4v) is 2.18. The lowest BCUT2D eigenvalue weighted by Gasteiger charge is -2.34. The Labute approximate surface area is 111 Å². The van der Waals surface area contributed by atoms with Gasteiger partial charge in [-0.1, -0.05) is 50.6 Å². The summed E-state index contributed by atoms with van der Waals surface area (Å²) in [7, 11) is 0. The molecule has 0 amide bonds. The summed E-state index contributed by atoms with van der Waals surface area (Å²) in [5.41, 5.74) is 0. The lowest BCUT2D eigenvalue weighted by atomic mass is 9.91. The van der Waals surface area contributed by atoms with Gasteiger partial charge in [0.15, 0.2) is 0 Å². The molecule has 0 spiro atoms. The van der Waals surface area contributed by atoms with Crippen molar-refractivity contribution < 1.29 is 9.84 Å². The van der Waals surface area contributed by atoms with Gasteiger partial charge in [-0.2, -0.15) is 0 Å². The van der Waals surface area contributed by atoms with Gasteiger partial charge in [0.2, 0.25) is 0 Å². The molecule has 1 saturated heterocycles. The molecule has 0 aliphatic carbocycles. The largest absolute Gasteiger partial charge is 0.386 e. The first-order chi connectivity index (χ1) is 8.69. The van der Waals surface area contributed by atoms with Gasteiger partial charge >= 0.3 is 0 Å². The molecule has 0 aromatic carbocycles. The smallest absolute Gasteiger partial charge is 0.0986 e. The molecule has 0 saturated carbocycles. The molecule has 1 fully saturated rings. The van der Waals surface area contributed by atoms with Gasteiger partial charge < -0.3 is 9.84 Å². The van der Waals surface area contributed by atoms with Crippen molar-refractivity contribution in [2.75, 3.05) is 0 Å². The summed E-state index contributed by atoms with van der Waals surface area (Å²) < 4.78 is 5.84. The van der Waals surface area contributed by atoms with E-state index in [1.54, 1.807) is 0 Å². The molecule has 18 heavy (non-hydrogen) atoms. The van der Waals surface area contributed by atoms with E-state index in [0.717, 1.165) is 25.7 Å². The molecule has 4 atom stereocenters. The van der Waals surface area contributed by atoms with Crippen molar-refractivity contribution in [3.63, 3.8) is 0 Å². The summed E-state index contributed by atoms with van der Waals surface area (Å²) in [6.45, 7) is 8.10. The van der Waals surface area contributed by atoms with Crippen LogP contribution in [-0.2, 0) is 4.74 Å². The van der Waals surface area contributed by atoms with Crippen LogP contribution in [0.25, 0.3) is 0 Å². The molecule has 0 radical (unpaired) electrons. The molecule has 1 N–H and O–H groups in total. The third-order valence-electron chi connectivity index (χ3n) is 3.42. The van der Waals surface area contributed by atoms with Gasteiger partial charge in [0.1, 0.15) is 0 Å². The van der Waals surface area contributed by atoms with E-state index in [2.05, 4.69) is 26.5 Å². The van der Waals surface area contributed by atoms with Crippen molar-refractivity contribution in [2.24, 2.45) is 5.92 Å². The van der Waals surface area contributed by atoms with E-state index >= 15 is 0 Å². The average molecular weight is 250 g/mol.